The Kier molecular flexibility index (Phi) is 9.48. The molecule has 0 bridgehead atoms. The fourth-order valence-electron chi connectivity index (χ4n) is 2.83. The van der Waals surface area contributed by atoms with E-state index in [4.69, 9.17) is 5.11 Å². The lowest BCUT2D eigenvalue weighted by atomic mass is 9.96. The van der Waals surface area contributed by atoms with Gasteiger partial charge in [-0.15, -0.1) is 0 Å². The predicted molar refractivity (Wildman–Crippen MR) is 80.4 cm³/mol. The molecule has 0 aromatic heterocycles. The number of hydrogen-bond donors (Lipinski definition) is 1. The van der Waals surface area contributed by atoms with E-state index >= 15 is 0 Å². The molecule has 1 fully saturated rings. The minimum absolute atomic E-state index is 0.309. The van der Waals surface area contributed by atoms with Crippen molar-refractivity contribution in [3.63, 3.8) is 0 Å². The number of carboxylic acid groups (broad SMARTS) is 1. The van der Waals surface area contributed by atoms with Gasteiger partial charge >= 0.3 is 5.97 Å². The molecule has 0 radical (unpaired) electrons. The summed E-state index contributed by atoms with van der Waals surface area (Å²) in [4.78, 5) is 10.5. The van der Waals surface area contributed by atoms with Gasteiger partial charge in [0.1, 0.15) is 0 Å². The van der Waals surface area contributed by atoms with E-state index in [2.05, 4.69) is 6.08 Å². The van der Waals surface area contributed by atoms with Gasteiger partial charge in [-0.2, -0.15) is 0 Å². The molecule has 2 heteroatoms. The molecule has 110 valence electrons. The number of carboxylic acids is 1. The number of hydrogen-bond acceptors (Lipinski definition) is 1. The van der Waals surface area contributed by atoms with Gasteiger partial charge in [-0.05, 0) is 38.5 Å². The molecule has 0 unspecified atom stereocenters. The van der Waals surface area contributed by atoms with Crippen LogP contribution >= 0.6 is 0 Å². The first-order valence-electron chi connectivity index (χ1n) is 8.19. The summed E-state index contributed by atoms with van der Waals surface area (Å²) in [6, 6.07) is 0. The van der Waals surface area contributed by atoms with Crippen molar-refractivity contribution in [3.8, 4) is 0 Å². The van der Waals surface area contributed by atoms with E-state index in [1.807, 2.05) is 0 Å². The second kappa shape index (κ2) is 11.1. The van der Waals surface area contributed by atoms with Gasteiger partial charge in [-0.25, -0.2) is 0 Å². The maximum absolute atomic E-state index is 10.5. The molecule has 0 aliphatic heterocycles. The van der Waals surface area contributed by atoms with E-state index < -0.39 is 5.97 Å². The van der Waals surface area contributed by atoms with Crippen molar-refractivity contribution >= 4 is 5.97 Å². The summed E-state index contributed by atoms with van der Waals surface area (Å²) in [5.74, 6) is -0.669. The number of unbranched alkanes of at least 4 members (excludes halogenated alkanes) is 1. The second-order valence-corrected chi connectivity index (χ2v) is 5.83. The van der Waals surface area contributed by atoms with Gasteiger partial charge in [-0.1, -0.05) is 56.6 Å². The van der Waals surface area contributed by atoms with Crippen molar-refractivity contribution in [1.82, 2.24) is 0 Å². The number of aliphatic carboxylic acids is 1. The molecule has 1 saturated carbocycles. The van der Waals surface area contributed by atoms with Crippen molar-refractivity contribution in [2.45, 2.75) is 89.9 Å². The third kappa shape index (κ3) is 9.75. The summed E-state index contributed by atoms with van der Waals surface area (Å²) in [6.07, 6.45) is 19.3. The summed E-state index contributed by atoms with van der Waals surface area (Å²) in [5, 5.41) is 8.64. The SMILES string of the molecule is O=C(O)CCCC=C1CCCCCCCCCCC1. The van der Waals surface area contributed by atoms with E-state index in [1.54, 1.807) is 5.57 Å². The Morgan fingerprint density at radius 3 is 1.84 bits per heavy atom. The summed E-state index contributed by atoms with van der Waals surface area (Å²) < 4.78 is 0. The normalized spacial score (nSPS) is 19.3. The fraction of sp³-hybridized carbons (Fsp3) is 0.824. The van der Waals surface area contributed by atoms with Crippen molar-refractivity contribution in [3.05, 3.63) is 11.6 Å². The van der Waals surface area contributed by atoms with E-state index in [0.717, 1.165) is 12.8 Å². The molecule has 0 heterocycles. The molecule has 1 rings (SSSR count). The molecule has 1 aliphatic carbocycles. The number of carbonyl (C=O) groups is 1. The van der Waals surface area contributed by atoms with Gasteiger partial charge in [0, 0.05) is 6.42 Å². The van der Waals surface area contributed by atoms with E-state index in [-0.39, 0.29) is 0 Å². The summed E-state index contributed by atoms with van der Waals surface area (Å²) in [6.45, 7) is 0. The first kappa shape index (κ1) is 16.3. The van der Waals surface area contributed by atoms with Crippen LogP contribution in [0.15, 0.2) is 11.6 Å². The molecule has 0 aromatic rings. The summed E-state index contributed by atoms with van der Waals surface area (Å²) >= 11 is 0. The van der Waals surface area contributed by atoms with Gasteiger partial charge < -0.3 is 5.11 Å². The maximum atomic E-state index is 10.5. The molecule has 1 aliphatic rings. The smallest absolute Gasteiger partial charge is 0.303 e. The van der Waals surface area contributed by atoms with Crippen molar-refractivity contribution in [1.29, 1.82) is 0 Å². The van der Waals surface area contributed by atoms with Gasteiger partial charge in [0.05, 0.1) is 0 Å². The lowest BCUT2D eigenvalue weighted by Gasteiger charge is -2.10. The van der Waals surface area contributed by atoms with Crippen LogP contribution in [0.1, 0.15) is 89.9 Å². The Balaban J connectivity index is 2.29. The van der Waals surface area contributed by atoms with Crippen molar-refractivity contribution in [2.75, 3.05) is 0 Å². The van der Waals surface area contributed by atoms with Crippen LogP contribution in [-0.2, 0) is 4.79 Å². The van der Waals surface area contributed by atoms with Crippen LogP contribution < -0.4 is 0 Å². The molecule has 0 spiro atoms. The van der Waals surface area contributed by atoms with E-state index in [0.29, 0.717) is 6.42 Å². The zero-order valence-electron chi connectivity index (χ0n) is 12.3. The Labute approximate surface area is 118 Å². The summed E-state index contributed by atoms with van der Waals surface area (Å²) in [7, 11) is 0. The second-order valence-electron chi connectivity index (χ2n) is 5.83. The molecular weight excluding hydrogens is 236 g/mol. The molecule has 0 aromatic carbocycles. The average molecular weight is 266 g/mol. The lowest BCUT2D eigenvalue weighted by molar-refractivity contribution is -0.137. The molecule has 2 nitrogen and oxygen atoms in total. The zero-order chi connectivity index (χ0) is 13.8. The van der Waals surface area contributed by atoms with Crippen molar-refractivity contribution < 1.29 is 9.90 Å². The quantitative estimate of drug-likeness (QED) is 0.541. The number of allylic oxidation sites excluding steroid dienone is 2. The highest BCUT2D eigenvalue weighted by Crippen LogP contribution is 2.21. The van der Waals surface area contributed by atoms with Crippen molar-refractivity contribution in [2.24, 2.45) is 0 Å². The molecule has 0 saturated heterocycles. The third-order valence-corrected chi connectivity index (χ3v) is 4.02. The summed E-state index contributed by atoms with van der Waals surface area (Å²) in [5.41, 5.74) is 1.59. The number of rotatable bonds is 4. The maximum Gasteiger partial charge on any atom is 0.303 e. The zero-order valence-corrected chi connectivity index (χ0v) is 12.3. The first-order chi connectivity index (χ1) is 9.29. The monoisotopic (exact) mass is 266 g/mol. The van der Waals surface area contributed by atoms with Gasteiger partial charge in [-0.3, -0.25) is 4.79 Å². The van der Waals surface area contributed by atoms with E-state index in [1.165, 1.54) is 70.6 Å². The highest BCUT2D eigenvalue weighted by molar-refractivity contribution is 5.66. The lowest BCUT2D eigenvalue weighted by Crippen LogP contribution is -1.94. The van der Waals surface area contributed by atoms with Gasteiger partial charge in [0.2, 0.25) is 0 Å². The Morgan fingerprint density at radius 2 is 1.37 bits per heavy atom. The molecule has 0 amide bonds. The Morgan fingerprint density at radius 1 is 0.895 bits per heavy atom. The van der Waals surface area contributed by atoms with Crippen LogP contribution in [0.4, 0.5) is 0 Å². The van der Waals surface area contributed by atoms with Crippen LogP contribution in [0.3, 0.4) is 0 Å². The van der Waals surface area contributed by atoms with Gasteiger partial charge in [0.25, 0.3) is 0 Å². The van der Waals surface area contributed by atoms with Crippen LogP contribution in [-0.4, -0.2) is 11.1 Å². The highest BCUT2D eigenvalue weighted by Gasteiger charge is 2.02. The Bertz CT molecular complexity index is 254. The Hall–Kier alpha value is -0.790. The third-order valence-electron chi connectivity index (χ3n) is 4.02. The van der Waals surface area contributed by atoms with Crippen LogP contribution in [0.25, 0.3) is 0 Å². The van der Waals surface area contributed by atoms with Crippen LogP contribution in [0.5, 0.6) is 0 Å². The van der Waals surface area contributed by atoms with Crippen LogP contribution in [0.2, 0.25) is 0 Å². The molecular formula is C17H30O2. The molecule has 0 atom stereocenters. The minimum Gasteiger partial charge on any atom is -0.481 e. The van der Waals surface area contributed by atoms with E-state index in [9.17, 15) is 4.79 Å². The fourth-order valence-corrected chi connectivity index (χ4v) is 2.83. The van der Waals surface area contributed by atoms with Crippen LogP contribution in [0, 0.1) is 0 Å². The minimum atomic E-state index is -0.669. The highest BCUT2D eigenvalue weighted by atomic mass is 16.4. The average Bonchev–Trinajstić information content (AvgIpc) is 2.36. The topological polar surface area (TPSA) is 37.3 Å². The standard InChI is InChI=1S/C17H30O2/c18-17(19)15-11-10-14-16-12-8-6-4-2-1-3-5-7-9-13-16/h14H,1-13,15H2,(H,18,19). The molecule has 19 heavy (non-hydrogen) atoms. The largest absolute Gasteiger partial charge is 0.481 e. The van der Waals surface area contributed by atoms with Gasteiger partial charge in [0.15, 0.2) is 0 Å². The predicted octanol–water partition coefficient (Wildman–Crippen LogP) is 5.47. The molecule has 1 N–H and O–H groups in total. The first-order valence-corrected chi connectivity index (χ1v) is 8.19.